The van der Waals surface area contributed by atoms with Gasteiger partial charge < -0.3 is 14.4 Å². The highest BCUT2D eigenvalue weighted by Gasteiger charge is 2.30. The highest BCUT2D eigenvalue weighted by atomic mass is 35.5. The summed E-state index contributed by atoms with van der Waals surface area (Å²) < 4.78 is 10.4. The number of hydrogen-bond acceptors (Lipinski definition) is 4. The first-order valence-electron chi connectivity index (χ1n) is 7.30. The number of halogens is 1. The van der Waals surface area contributed by atoms with E-state index in [1.54, 1.807) is 36.1 Å². The Labute approximate surface area is 135 Å². The molecular weight excluding hydrogens is 306 g/mol. The number of benzene rings is 1. The lowest BCUT2D eigenvalue weighted by Crippen LogP contribution is -2.45. The maximum Gasteiger partial charge on any atom is 0.308 e. The van der Waals surface area contributed by atoms with Gasteiger partial charge in [-0.1, -0.05) is 23.7 Å². The van der Waals surface area contributed by atoms with Crippen molar-refractivity contribution in [2.24, 2.45) is 5.92 Å². The van der Waals surface area contributed by atoms with Gasteiger partial charge in [-0.25, -0.2) is 0 Å². The number of piperidine rings is 1. The van der Waals surface area contributed by atoms with E-state index in [4.69, 9.17) is 21.1 Å². The molecule has 0 aromatic heterocycles. The van der Waals surface area contributed by atoms with E-state index in [0.29, 0.717) is 36.7 Å². The minimum absolute atomic E-state index is 0.0942. The molecule has 6 heteroatoms. The van der Waals surface area contributed by atoms with E-state index in [0.717, 1.165) is 0 Å². The quantitative estimate of drug-likeness (QED) is 0.798. The average Bonchev–Trinajstić information content (AvgIpc) is 2.55. The van der Waals surface area contributed by atoms with E-state index < -0.39 is 6.10 Å². The molecule has 2 rings (SSSR count). The first-order valence-corrected chi connectivity index (χ1v) is 7.68. The molecule has 1 saturated heterocycles. The summed E-state index contributed by atoms with van der Waals surface area (Å²) in [4.78, 5) is 25.6. The second-order valence-corrected chi connectivity index (χ2v) is 5.72. The second kappa shape index (κ2) is 7.49. The molecule has 1 aliphatic rings. The van der Waals surface area contributed by atoms with E-state index in [-0.39, 0.29) is 17.8 Å². The molecule has 1 heterocycles. The second-order valence-electron chi connectivity index (χ2n) is 5.31. The van der Waals surface area contributed by atoms with E-state index in [1.165, 1.54) is 7.11 Å². The number of nitrogens with zero attached hydrogens (tertiary/aromatic N) is 1. The Balaban J connectivity index is 1.89. The normalized spacial score (nSPS) is 17.0. The fraction of sp³-hybridized carbons (Fsp3) is 0.500. The van der Waals surface area contributed by atoms with Crippen molar-refractivity contribution in [3.63, 3.8) is 0 Å². The summed E-state index contributed by atoms with van der Waals surface area (Å²) >= 11 is 6.03. The predicted octanol–water partition coefficient (Wildman–Crippen LogP) is 2.52. The summed E-state index contributed by atoms with van der Waals surface area (Å²) in [7, 11) is 1.39. The number of hydrogen-bond donors (Lipinski definition) is 0. The van der Waals surface area contributed by atoms with Crippen LogP contribution in [0.2, 0.25) is 5.02 Å². The molecule has 0 N–H and O–H groups in total. The minimum atomic E-state index is -0.616. The molecule has 1 aromatic rings. The Morgan fingerprint density at radius 2 is 1.91 bits per heavy atom. The first-order chi connectivity index (χ1) is 10.5. The molecule has 0 spiro atoms. The molecule has 0 saturated carbocycles. The van der Waals surface area contributed by atoms with Crippen molar-refractivity contribution in [2.75, 3.05) is 20.2 Å². The van der Waals surface area contributed by atoms with Gasteiger partial charge in [0.15, 0.2) is 6.10 Å². The van der Waals surface area contributed by atoms with E-state index >= 15 is 0 Å². The third-order valence-electron chi connectivity index (χ3n) is 3.83. The third-order valence-corrected chi connectivity index (χ3v) is 4.14. The van der Waals surface area contributed by atoms with Crippen molar-refractivity contribution in [3.05, 3.63) is 29.3 Å². The van der Waals surface area contributed by atoms with Crippen molar-refractivity contribution >= 4 is 23.5 Å². The van der Waals surface area contributed by atoms with Crippen LogP contribution in [0.3, 0.4) is 0 Å². The highest BCUT2D eigenvalue weighted by Crippen LogP contribution is 2.25. The molecule has 1 atom stereocenters. The summed E-state index contributed by atoms with van der Waals surface area (Å²) in [6.45, 7) is 2.78. The fourth-order valence-electron chi connectivity index (χ4n) is 2.54. The number of carbonyl (C=O) groups is 2. The van der Waals surface area contributed by atoms with Crippen LogP contribution < -0.4 is 4.74 Å². The van der Waals surface area contributed by atoms with Crippen LogP contribution in [0.1, 0.15) is 19.8 Å². The summed E-state index contributed by atoms with van der Waals surface area (Å²) in [6.07, 6.45) is 0.628. The number of carbonyl (C=O) groups excluding carboxylic acids is 2. The van der Waals surface area contributed by atoms with Gasteiger partial charge in [-0.15, -0.1) is 0 Å². The summed E-state index contributed by atoms with van der Waals surface area (Å²) in [5.74, 6) is 0.0824. The van der Waals surface area contributed by atoms with Crippen molar-refractivity contribution in [3.8, 4) is 5.75 Å². The lowest BCUT2D eigenvalue weighted by molar-refractivity contribution is -0.150. The van der Waals surface area contributed by atoms with Gasteiger partial charge in [0, 0.05) is 13.1 Å². The van der Waals surface area contributed by atoms with Gasteiger partial charge in [0.25, 0.3) is 5.91 Å². The molecule has 120 valence electrons. The third kappa shape index (κ3) is 3.91. The molecule has 1 aromatic carbocycles. The number of para-hydroxylation sites is 1. The molecule has 0 radical (unpaired) electrons. The average molecular weight is 326 g/mol. The molecule has 0 unspecified atom stereocenters. The molecule has 1 aliphatic heterocycles. The lowest BCUT2D eigenvalue weighted by Gasteiger charge is -2.32. The molecule has 1 fully saturated rings. The number of methoxy groups -OCH3 is 1. The van der Waals surface area contributed by atoms with Gasteiger partial charge >= 0.3 is 5.97 Å². The number of ether oxygens (including phenoxy) is 2. The lowest BCUT2D eigenvalue weighted by atomic mass is 9.97. The van der Waals surface area contributed by atoms with Crippen LogP contribution in [0.5, 0.6) is 5.75 Å². The van der Waals surface area contributed by atoms with Gasteiger partial charge in [0.2, 0.25) is 0 Å². The summed E-state index contributed by atoms with van der Waals surface area (Å²) in [6, 6.07) is 7.06. The van der Waals surface area contributed by atoms with Crippen LogP contribution >= 0.6 is 11.6 Å². The van der Waals surface area contributed by atoms with Crippen LogP contribution in [0, 0.1) is 5.92 Å². The molecule has 0 aliphatic carbocycles. The van der Waals surface area contributed by atoms with Crippen molar-refractivity contribution in [1.82, 2.24) is 4.90 Å². The molecular formula is C16H20ClNO4. The zero-order chi connectivity index (χ0) is 16.1. The predicted molar refractivity (Wildman–Crippen MR) is 82.9 cm³/mol. The standard InChI is InChI=1S/C16H20ClNO4/c1-11(22-14-6-4-3-5-13(14)17)15(19)18-9-7-12(8-10-18)16(20)21-2/h3-6,11-12H,7-10H2,1-2H3/t11-/m1/s1. The Morgan fingerprint density at radius 1 is 1.27 bits per heavy atom. The molecule has 1 amide bonds. The van der Waals surface area contributed by atoms with Crippen molar-refractivity contribution in [2.45, 2.75) is 25.9 Å². The van der Waals surface area contributed by atoms with E-state index in [9.17, 15) is 9.59 Å². The minimum Gasteiger partial charge on any atom is -0.479 e. The van der Waals surface area contributed by atoms with Crippen molar-refractivity contribution < 1.29 is 19.1 Å². The smallest absolute Gasteiger partial charge is 0.308 e. The zero-order valence-corrected chi connectivity index (χ0v) is 13.5. The zero-order valence-electron chi connectivity index (χ0n) is 12.8. The highest BCUT2D eigenvalue weighted by molar-refractivity contribution is 6.32. The monoisotopic (exact) mass is 325 g/mol. The van der Waals surface area contributed by atoms with Gasteiger partial charge in [-0.05, 0) is 31.9 Å². The van der Waals surface area contributed by atoms with Gasteiger partial charge in [-0.2, -0.15) is 0 Å². The van der Waals surface area contributed by atoms with Gasteiger partial charge in [0.1, 0.15) is 5.75 Å². The van der Waals surface area contributed by atoms with Gasteiger partial charge in [-0.3, -0.25) is 9.59 Å². The molecule has 22 heavy (non-hydrogen) atoms. The van der Waals surface area contributed by atoms with Gasteiger partial charge in [0.05, 0.1) is 18.1 Å². The maximum atomic E-state index is 12.4. The van der Waals surface area contributed by atoms with Crippen LogP contribution in [0.4, 0.5) is 0 Å². The topological polar surface area (TPSA) is 55.8 Å². The number of rotatable bonds is 4. The number of esters is 1. The van der Waals surface area contributed by atoms with E-state index in [1.807, 2.05) is 0 Å². The van der Waals surface area contributed by atoms with Crippen LogP contribution in [0.15, 0.2) is 24.3 Å². The Morgan fingerprint density at radius 3 is 2.50 bits per heavy atom. The summed E-state index contributed by atoms with van der Waals surface area (Å²) in [5, 5.41) is 0.478. The Kier molecular flexibility index (Phi) is 5.66. The van der Waals surface area contributed by atoms with Crippen LogP contribution in [-0.4, -0.2) is 43.1 Å². The SMILES string of the molecule is COC(=O)C1CCN(C(=O)[C@@H](C)Oc2ccccc2Cl)CC1. The Hall–Kier alpha value is -1.75. The largest absolute Gasteiger partial charge is 0.479 e. The number of likely N-dealkylation sites (tertiary alicyclic amines) is 1. The first kappa shape index (κ1) is 16.6. The van der Waals surface area contributed by atoms with E-state index in [2.05, 4.69) is 0 Å². The maximum absolute atomic E-state index is 12.4. The van der Waals surface area contributed by atoms with Crippen LogP contribution in [-0.2, 0) is 14.3 Å². The molecule has 5 nitrogen and oxygen atoms in total. The number of amides is 1. The molecule has 0 bridgehead atoms. The summed E-state index contributed by atoms with van der Waals surface area (Å²) in [5.41, 5.74) is 0. The van der Waals surface area contributed by atoms with Crippen molar-refractivity contribution in [1.29, 1.82) is 0 Å². The fourth-order valence-corrected chi connectivity index (χ4v) is 2.72. The Bertz CT molecular complexity index is 541. The van der Waals surface area contributed by atoms with Crippen LogP contribution in [0.25, 0.3) is 0 Å².